The number of carbonyl (C=O) groups excluding carboxylic acids is 2. The van der Waals surface area contributed by atoms with E-state index >= 15 is 0 Å². The molecule has 0 aliphatic heterocycles. The minimum Gasteiger partial charge on any atom is -0.466 e. The highest BCUT2D eigenvalue weighted by Gasteiger charge is 2.20. The van der Waals surface area contributed by atoms with E-state index in [1.807, 2.05) is 0 Å². The lowest BCUT2D eigenvalue weighted by molar-refractivity contribution is -0.143. The topological polar surface area (TPSA) is 95.9 Å². The van der Waals surface area contributed by atoms with Crippen LogP contribution < -0.4 is 5.32 Å². The van der Waals surface area contributed by atoms with Gasteiger partial charge in [-0.15, -0.1) is 0 Å². The summed E-state index contributed by atoms with van der Waals surface area (Å²) < 4.78 is 5.48. The number of allylic oxidation sites excluding steroid dienone is 4. The normalized spacial score (nSPS) is 12.6. The minimum absolute atomic E-state index is 0.00494. The fourth-order valence-corrected chi connectivity index (χ4v) is 11.7. The van der Waals surface area contributed by atoms with Gasteiger partial charge >= 0.3 is 5.97 Å². The zero-order valence-electron chi connectivity index (χ0n) is 54.3. The zero-order valence-corrected chi connectivity index (χ0v) is 54.3. The molecule has 0 rings (SSSR count). The summed E-state index contributed by atoms with van der Waals surface area (Å²) in [7, 11) is 0. The fourth-order valence-electron chi connectivity index (χ4n) is 11.7. The van der Waals surface area contributed by atoms with Crippen LogP contribution in [0, 0.1) is 0 Å². The number of esters is 1. The largest absolute Gasteiger partial charge is 0.466 e. The van der Waals surface area contributed by atoms with E-state index in [9.17, 15) is 19.8 Å². The molecule has 0 saturated heterocycles. The molecule has 6 nitrogen and oxygen atoms in total. The first kappa shape index (κ1) is 78.3. The van der Waals surface area contributed by atoms with E-state index < -0.39 is 12.1 Å². The standard InChI is InChI=1S/C74H143NO5/c1-3-5-7-9-11-13-15-17-19-20-21-30-33-36-39-42-46-50-54-58-62-66-72(77)71(70-76)75-73(78)67-63-59-55-51-47-43-40-37-34-31-28-26-24-22-23-25-27-29-32-35-38-41-45-49-53-57-61-65-69-80-74(79)68-64-60-56-52-48-44-18-16-14-12-10-8-6-4-2/h10,12,16,18,71-72,76-77H,3-9,11,13-15,17,19-70H2,1-2H3,(H,75,78)/b12-10-,18-16-. The molecule has 474 valence electrons. The Morgan fingerprint density at radius 1 is 0.350 bits per heavy atom. The third-order valence-electron chi connectivity index (χ3n) is 17.3. The fraction of sp³-hybridized carbons (Fsp3) is 0.919. The van der Waals surface area contributed by atoms with Gasteiger partial charge in [0.05, 0.1) is 25.4 Å². The summed E-state index contributed by atoms with van der Waals surface area (Å²) in [6, 6.07) is -0.540. The van der Waals surface area contributed by atoms with Crippen LogP contribution >= 0.6 is 0 Å². The zero-order chi connectivity index (χ0) is 57.8. The first-order valence-corrected chi connectivity index (χ1v) is 36.6. The molecule has 6 heteroatoms. The van der Waals surface area contributed by atoms with E-state index in [1.165, 1.54) is 327 Å². The quantitative estimate of drug-likeness (QED) is 0.0320. The maximum atomic E-state index is 12.6. The van der Waals surface area contributed by atoms with E-state index in [-0.39, 0.29) is 18.5 Å². The van der Waals surface area contributed by atoms with Gasteiger partial charge in [0.2, 0.25) is 5.91 Å². The number of unbranched alkanes of at least 4 members (excludes halogenated alkanes) is 54. The van der Waals surface area contributed by atoms with Crippen molar-refractivity contribution < 1.29 is 24.5 Å². The molecule has 0 heterocycles. The highest BCUT2D eigenvalue weighted by Crippen LogP contribution is 2.20. The molecule has 1 amide bonds. The Kier molecular flexibility index (Phi) is 68.4. The molecule has 0 bridgehead atoms. The van der Waals surface area contributed by atoms with Crippen LogP contribution in [0.4, 0.5) is 0 Å². The van der Waals surface area contributed by atoms with Crippen LogP contribution in [0.15, 0.2) is 24.3 Å². The van der Waals surface area contributed by atoms with Crippen molar-refractivity contribution >= 4 is 11.9 Å². The Labute approximate surface area is 501 Å². The molecule has 0 aromatic carbocycles. The van der Waals surface area contributed by atoms with Crippen LogP contribution in [0.1, 0.15) is 412 Å². The number of aliphatic hydroxyl groups excluding tert-OH is 2. The van der Waals surface area contributed by atoms with Gasteiger partial charge < -0.3 is 20.3 Å². The summed E-state index contributed by atoms with van der Waals surface area (Å²) in [4.78, 5) is 24.6. The van der Waals surface area contributed by atoms with E-state index in [1.54, 1.807) is 0 Å². The van der Waals surface area contributed by atoms with E-state index in [0.29, 0.717) is 25.9 Å². The first-order chi connectivity index (χ1) is 39.5. The van der Waals surface area contributed by atoms with Crippen LogP contribution in [0.25, 0.3) is 0 Å². The van der Waals surface area contributed by atoms with Crippen molar-refractivity contribution in [1.82, 2.24) is 5.32 Å². The van der Waals surface area contributed by atoms with E-state index in [0.717, 1.165) is 51.4 Å². The monoisotopic (exact) mass is 1130 g/mol. The van der Waals surface area contributed by atoms with Crippen molar-refractivity contribution in [2.45, 2.75) is 424 Å². The first-order valence-electron chi connectivity index (χ1n) is 36.6. The third kappa shape index (κ3) is 65.5. The molecule has 0 aromatic rings. The maximum Gasteiger partial charge on any atom is 0.305 e. The molecule has 0 aliphatic carbocycles. The summed E-state index contributed by atoms with van der Waals surface area (Å²) in [5, 5.41) is 23.4. The van der Waals surface area contributed by atoms with Gasteiger partial charge in [-0.25, -0.2) is 0 Å². The number of amides is 1. The summed E-state index contributed by atoms with van der Waals surface area (Å²) >= 11 is 0. The van der Waals surface area contributed by atoms with Gasteiger partial charge in [-0.2, -0.15) is 0 Å². The Bertz CT molecular complexity index is 1250. The lowest BCUT2D eigenvalue weighted by atomic mass is 10.0. The van der Waals surface area contributed by atoms with Crippen LogP contribution in [-0.4, -0.2) is 47.4 Å². The average Bonchev–Trinajstić information content (AvgIpc) is 3.46. The third-order valence-corrected chi connectivity index (χ3v) is 17.3. The number of ether oxygens (including phenoxy) is 1. The second-order valence-electron chi connectivity index (χ2n) is 25.3. The van der Waals surface area contributed by atoms with Crippen molar-refractivity contribution in [3.63, 3.8) is 0 Å². The number of carbonyl (C=O) groups is 2. The number of aliphatic hydroxyl groups is 2. The van der Waals surface area contributed by atoms with Crippen molar-refractivity contribution in [1.29, 1.82) is 0 Å². The second-order valence-corrected chi connectivity index (χ2v) is 25.3. The van der Waals surface area contributed by atoms with Gasteiger partial charge in [-0.05, 0) is 51.4 Å². The maximum absolute atomic E-state index is 12.6. The molecule has 0 fully saturated rings. The van der Waals surface area contributed by atoms with Gasteiger partial charge in [-0.1, -0.05) is 372 Å². The predicted molar refractivity (Wildman–Crippen MR) is 352 cm³/mol. The number of hydrogen-bond donors (Lipinski definition) is 3. The molecule has 0 aromatic heterocycles. The lowest BCUT2D eigenvalue weighted by Crippen LogP contribution is -2.45. The smallest absolute Gasteiger partial charge is 0.305 e. The number of rotatable bonds is 69. The highest BCUT2D eigenvalue weighted by molar-refractivity contribution is 5.76. The highest BCUT2D eigenvalue weighted by atomic mass is 16.5. The summed E-state index contributed by atoms with van der Waals surface area (Å²) in [6.45, 7) is 4.95. The van der Waals surface area contributed by atoms with Gasteiger partial charge in [0.1, 0.15) is 0 Å². The van der Waals surface area contributed by atoms with E-state index in [2.05, 4.69) is 43.5 Å². The second kappa shape index (κ2) is 69.8. The Hall–Kier alpha value is -1.66. The molecule has 2 atom stereocenters. The van der Waals surface area contributed by atoms with Crippen LogP contribution in [0.5, 0.6) is 0 Å². The van der Waals surface area contributed by atoms with Crippen molar-refractivity contribution in [3.8, 4) is 0 Å². The molecular formula is C74H143NO5. The summed E-state index contributed by atoms with van der Waals surface area (Å²) in [5.41, 5.74) is 0. The van der Waals surface area contributed by atoms with E-state index in [4.69, 9.17) is 4.74 Å². The Morgan fingerprint density at radius 3 is 0.988 bits per heavy atom. The number of hydrogen-bond acceptors (Lipinski definition) is 5. The van der Waals surface area contributed by atoms with Gasteiger partial charge in [0.25, 0.3) is 0 Å². The SMILES string of the molecule is CCCC/C=C\C/C=C\CCCCCCCC(=O)OCCCCCCCCCCCCCCCCCCCCCCCCCCCCCCC(=O)NC(CO)C(O)CCCCCCCCCCCCCCCCCCCCCCC. The van der Waals surface area contributed by atoms with Crippen LogP contribution in [0.3, 0.4) is 0 Å². The van der Waals surface area contributed by atoms with Gasteiger partial charge in [0, 0.05) is 12.8 Å². The van der Waals surface area contributed by atoms with Crippen LogP contribution in [0.2, 0.25) is 0 Å². The predicted octanol–water partition coefficient (Wildman–Crippen LogP) is 23.7. The molecule has 0 aliphatic rings. The molecule has 80 heavy (non-hydrogen) atoms. The summed E-state index contributed by atoms with van der Waals surface area (Å²) in [5.74, 6) is -0.0222. The molecular weight excluding hydrogens is 983 g/mol. The molecule has 3 N–H and O–H groups in total. The number of nitrogens with one attached hydrogen (secondary N) is 1. The minimum atomic E-state index is -0.663. The van der Waals surface area contributed by atoms with Gasteiger partial charge in [-0.3, -0.25) is 9.59 Å². The molecule has 0 spiro atoms. The Morgan fingerprint density at radius 2 is 0.637 bits per heavy atom. The lowest BCUT2D eigenvalue weighted by Gasteiger charge is -2.22. The van der Waals surface area contributed by atoms with Gasteiger partial charge in [0.15, 0.2) is 0 Å². The Balaban J connectivity index is 3.35. The van der Waals surface area contributed by atoms with Crippen molar-refractivity contribution in [3.05, 3.63) is 24.3 Å². The molecule has 2 unspecified atom stereocenters. The molecule has 0 radical (unpaired) electrons. The average molecular weight is 1130 g/mol. The van der Waals surface area contributed by atoms with Crippen molar-refractivity contribution in [2.24, 2.45) is 0 Å². The van der Waals surface area contributed by atoms with Crippen LogP contribution in [-0.2, 0) is 14.3 Å². The summed E-state index contributed by atoms with van der Waals surface area (Å²) in [6.07, 6.45) is 88.1. The molecule has 0 saturated carbocycles. The van der Waals surface area contributed by atoms with Crippen molar-refractivity contribution in [2.75, 3.05) is 13.2 Å².